The summed E-state index contributed by atoms with van der Waals surface area (Å²) < 4.78 is 5.09. The van der Waals surface area contributed by atoms with Crippen molar-refractivity contribution >= 4 is 11.9 Å². The zero-order chi connectivity index (χ0) is 14.3. The number of fused-ring (bicyclic) bond motifs is 1. The highest BCUT2D eigenvalue weighted by Gasteiger charge is 2.52. The molecule has 1 aliphatic heterocycles. The van der Waals surface area contributed by atoms with E-state index in [4.69, 9.17) is 4.74 Å². The van der Waals surface area contributed by atoms with Gasteiger partial charge >= 0.3 is 5.97 Å². The molecule has 0 radical (unpaired) electrons. The Balaban J connectivity index is 2.00. The van der Waals surface area contributed by atoms with Gasteiger partial charge in [-0.3, -0.25) is 9.59 Å². The Labute approximate surface area is 118 Å². The van der Waals surface area contributed by atoms with Gasteiger partial charge in [-0.2, -0.15) is 0 Å². The van der Waals surface area contributed by atoms with Crippen LogP contribution in [0.2, 0.25) is 0 Å². The number of nitrogens with zero attached hydrogens (tertiary/aromatic N) is 1. The molecule has 3 rings (SSSR count). The van der Waals surface area contributed by atoms with E-state index in [1.165, 1.54) is 0 Å². The average molecular weight is 273 g/mol. The van der Waals surface area contributed by atoms with Crippen LogP contribution in [0.4, 0.5) is 0 Å². The summed E-state index contributed by atoms with van der Waals surface area (Å²) in [5, 5.41) is 0. The van der Waals surface area contributed by atoms with Crippen molar-refractivity contribution in [3.8, 4) is 0 Å². The van der Waals surface area contributed by atoms with Gasteiger partial charge in [-0.05, 0) is 38.3 Å². The van der Waals surface area contributed by atoms with Crippen molar-refractivity contribution in [2.75, 3.05) is 6.61 Å². The van der Waals surface area contributed by atoms with Crippen LogP contribution in [0.25, 0.3) is 0 Å². The van der Waals surface area contributed by atoms with Crippen molar-refractivity contribution in [3.63, 3.8) is 0 Å². The van der Waals surface area contributed by atoms with E-state index in [9.17, 15) is 9.59 Å². The molecule has 4 nitrogen and oxygen atoms in total. The first kappa shape index (κ1) is 13.2. The largest absolute Gasteiger partial charge is 0.466 e. The molecule has 20 heavy (non-hydrogen) atoms. The van der Waals surface area contributed by atoms with Crippen LogP contribution >= 0.6 is 0 Å². The standard InChI is InChI=1S/C16H19NO3/c1-3-20-14(18)10-16(2)13-7-5-4-6-12(13)15(19)17(16)11-8-9-11/h4-7,11H,3,8-10H2,1-2H3. The number of amides is 1. The van der Waals surface area contributed by atoms with E-state index in [0.717, 1.165) is 24.0 Å². The molecule has 1 unspecified atom stereocenters. The molecule has 0 bridgehead atoms. The van der Waals surface area contributed by atoms with Gasteiger partial charge in [-0.15, -0.1) is 0 Å². The fourth-order valence-electron chi connectivity index (χ4n) is 3.20. The zero-order valence-corrected chi connectivity index (χ0v) is 11.9. The van der Waals surface area contributed by atoms with Crippen molar-refractivity contribution in [1.29, 1.82) is 0 Å². The molecule has 4 heteroatoms. The second-order valence-electron chi connectivity index (χ2n) is 5.71. The fourth-order valence-corrected chi connectivity index (χ4v) is 3.20. The lowest BCUT2D eigenvalue weighted by Crippen LogP contribution is -2.44. The van der Waals surface area contributed by atoms with E-state index in [1.807, 2.05) is 36.1 Å². The summed E-state index contributed by atoms with van der Waals surface area (Å²) in [4.78, 5) is 26.5. The summed E-state index contributed by atoms with van der Waals surface area (Å²) in [6, 6.07) is 7.87. The molecule has 0 spiro atoms. The minimum atomic E-state index is -0.568. The molecular weight excluding hydrogens is 254 g/mol. The van der Waals surface area contributed by atoms with Gasteiger partial charge in [-0.1, -0.05) is 18.2 Å². The minimum Gasteiger partial charge on any atom is -0.466 e. The molecule has 1 amide bonds. The molecule has 1 heterocycles. The molecule has 2 aliphatic rings. The molecule has 0 saturated heterocycles. The van der Waals surface area contributed by atoms with Crippen molar-refractivity contribution in [1.82, 2.24) is 4.90 Å². The number of carbonyl (C=O) groups is 2. The predicted octanol–water partition coefficient (Wildman–Crippen LogP) is 2.47. The van der Waals surface area contributed by atoms with E-state index in [1.54, 1.807) is 6.92 Å². The Morgan fingerprint density at radius 2 is 2.10 bits per heavy atom. The first-order chi connectivity index (χ1) is 9.58. The lowest BCUT2D eigenvalue weighted by molar-refractivity contribution is -0.146. The normalized spacial score (nSPS) is 24.7. The third kappa shape index (κ3) is 1.90. The Hall–Kier alpha value is -1.84. The molecule has 1 atom stereocenters. The minimum absolute atomic E-state index is 0.0508. The summed E-state index contributed by atoms with van der Waals surface area (Å²) in [6.07, 6.45) is 2.27. The van der Waals surface area contributed by atoms with Crippen LogP contribution in [0.5, 0.6) is 0 Å². The molecule has 1 fully saturated rings. The molecule has 106 valence electrons. The van der Waals surface area contributed by atoms with E-state index >= 15 is 0 Å². The van der Waals surface area contributed by atoms with Gasteiger partial charge in [-0.25, -0.2) is 0 Å². The zero-order valence-electron chi connectivity index (χ0n) is 11.9. The van der Waals surface area contributed by atoms with Crippen LogP contribution < -0.4 is 0 Å². The van der Waals surface area contributed by atoms with Crippen LogP contribution in [-0.4, -0.2) is 29.4 Å². The van der Waals surface area contributed by atoms with Gasteiger partial charge in [0.05, 0.1) is 18.6 Å². The molecular formula is C16H19NO3. The quantitative estimate of drug-likeness (QED) is 0.792. The fraction of sp³-hybridized carbons (Fsp3) is 0.500. The highest BCUT2D eigenvalue weighted by atomic mass is 16.5. The van der Waals surface area contributed by atoms with Gasteiger partial charge < -0.3 is 9.64 Å². The number of hydrogen-bond donors (Lipinski definition) is 0. The Morgan fingerprint density at radius 3 is 2.75 bits per heavy atom. The summed E-state index contributed by atoms with van der Waals surface area (Å²) >= 11 is 0. The molecule has 0 aromatic heterocycles. The monoisotopic (exact) mass is 273 g/mol. The molecule has 1 aromatic carbocycles. The van der Waals surface area contributed by atoms with Gasteiger partial charge in [0.25, 0.3) is 5.91 Å². The van der Waals surface area contributed by atoms with E-state index in [0.29, 0.717) is 6.61 Å². The van der Waals surface area contributed by atoms with Gasteiger partial charge in [0.1, 0.15) is 0 Å². The Bertz CT molecular complexity index is 565. The van der Waals surface area contributed by atoms with Crippen LogP contribution in [0, 0.1) is 0 Å². The lowest BCUT2D eigenvalue weighted by atomic mass is 9.88. The predicted molar refractivity (Wildman–Crippen MR) is 74.2 cm³/mol. The molecule has 1 aromatic rings. The second kappa shape index (κ2) is 4.62. The van der Waals surface area contributed by atoms with Crippen LogP contribution in [0.15, 0.2) is 24.3 Å². The Kier molecular flexibility index (Phi) is 3.04. The topological polar surface area (TPSA) is 46.6 Å². The maximum atomic E-state index is 12.6. The van der Waals surface area contributed by atoms with Crippen molar-refractivity contribution in [2.24, 2.45) is 0 Å². The van der Waals surface area contributed by atoms with Crippen molar-refractivity contribution in [3.05, 3.63) is 35.4 Å². The maximum Gasteiger partial charge on any atom is 0.308 e. The first-order valence-corrected chi connectivity index (χ1v) is 7.16. The van der Waals surface area contributed by atoms with Crippen LogP contribution in [-0.2, 0) is 15.1 Å². The smallest absolute Gasteiger partial charge is 0.308 e. The van der Waals surface area contributed by atoms with E-state index < -0.39 is 5.54 Å². The SMILES string of the molecule is CCOC(=O)CC1(C)c2ccccc2C(=O)N1C1CC1. The third-order valence-electron chi connectivity index (χ3n) is 4.19. The van der Waals surface area contributed by atoms with Crippen LogP contribution in [0.1, 0.15) is 49.0 Å². The number of hydrogen-bond acceptors (Lipinski definition) is 3. The van der Waals surface area contributed by atoms with Crippen LogP contribution in [0.3, 0.4) is 0 Å². The number of ether oxygens (including phenoxy) is 1. The molecule has 1 aliphatic carbocycles. The summed E-state index contributed by atoms with van der Waals surface area (Å²) in [5.74, 6) is -0.194. The third-order valence-corrected chi connectivity index (χ3v) is 4.19. The summed E-state index contributed by atoms with van der Waals surface area (Å²) in [5.41, 5.74) is 1.11. The van der Waals surface area contributed by atoms with E-state index in [2.05, 4.69) is 0 Å². The number of esters is 1. The summed E-state index contributed by atoms with van der Waals surface area (Å²) in [7, 11) is 0. The van der Waals surface area contributed by atoms with Crippen molar-refractivity contribution in [2.45, 2.75) is 44.7 Å². The number of carbonyl (C=O) groups excluding carboxylic acids is 2. The highest BCUT2D eigenvalue weighted by Crippen LogP contribution is 2.47. The highest BCUT2D eigenvalue weighted by molar-refractivity contribution is 6.01. The van der Waals surface area contributed by atoms with Gasteiger partial charge in [0.2, 0.25) is 0 Å². The Morgan fingerprint density at radius 1 is 1.40 bits per heavy atom. The lowest BCUT2D eigenvalue weighted by Gasteiger charge is -2.35. The maximum absolute atomic E-state index is 12.6. The molecule has 1 saturated carbocycles. The van der Waals surface area contributed by atoms with Gasteiger partial charge in [0, 0.05) is 11.6 Å². The molecule has 0 N–H and O–H groups in total. The number of benzene rings is 1. The van der Waals surface area contributed by atoms with Crippen molar-refractivity contribution < 1.29 is 14.3 Å². The average Bonchev–Trinajstić information content (AvgIpc) is 3.20. The second-order valence-corrected chi connectivity index (χ2v) is 5.71. The number of rotatable bonds is 4. The van der Waals surface area contributed by atoms with E-state index in [-0.39, 0.29) is 24.3 Å². The first-order valence-electron chi connectivity index (χ1n) is 7.16. The van der Waals surface area contributed by atoms with Gasteiger partial charge in [0.15, 0.2) is 0 Å². The summed E-state index contributed by atoms with van der Waals surface area (Å²) in [6.45, 7) is 4.15.